The smallest absolute Gasteiger partial charge is 0.189 e. The third-order valence-corrected chi connectivity index (χ3v) is 3.26. The van der Waals surface area contributed by atoms with Crippen molar-refractivity contribution >= 4 is 5.96 Å². The molecule has 0 aliphatic heterocycles. The van der Waals surface area contributed by atoms with Crippen LogP contribution in [0.2, 0.25) is 0 Å². The number of aliphatic imine (C=N–C) groups is 1. The Morgan fingerprint density at radius 3 is 2.14 bits per heavy atom. The van der Waals surface area contributed by atoms with Gasteiger partial charge in [-0.25, -0.2) is 4.99 Å². The van der Waals surface area contributed by atoms with Gasteiger partial charge < -0.3 is 20.5 Å². The highest BCUT2D eigenvalue weighted by Crippen LogP contribution is 2.18. The summed E-state index contributed by atoms with van der Waals surface area (Å²) in [6.45, 7) is 1.03. The molecule has 2 aromatic rings. The molecule has 0 spiro atoms. The van der Waals surface area contributed by atoms with Gasteiger partial charge in [-0.2, -0.15) is 0 Å². The fourth-order valence-electron chi connectivity index (χ4n) is 2.09. The molecule has 22 heavy (non-hydrogen) atoms. The highest BCUT2D eigenvalue weighted by molar-refractivity contribution is 5.77. The van der Waals surface area contributed by atoms with Crippen LogP contribution in [0.25, 0.3) is 0 Å². The fourth-order valence-corrected chi connectivity index (χ4v) is 2.09. The molecule has 0 bridgehead atoms. The first-order chi connectivity index (χ1) is 10.7. The van der Waals surface area contributed by atoms with E-state index in [2.05, 4.69) is 10.3 Å². The number of methoxy groups -OCH3 is 2. The third-order valence-electron chi connectivity index (χ3n) is 3.26. The van der Waals surface area contributed by atoms with E-state index < -0.39 is 0 Å². The number of hydrogen-bond donors (Lipinski definition) is 2. The van der Waals surface area contributed by atoms with Crippen LogP contribution >= 0.6 is 0 Å². The molecule has 0 atom stereocenters. The van der Waals surface area contributed by atoms with Crippen molar-refractivity contribution < 1.29 is 9.47 Å². The molecule has 3 N–H and O–H groups in total. The predicted octanol–water partition coefficient (Wildman–Crippen LogP) is 2.31. The van der Waals surface area contributed by atoms with Crippen LogP contribution < -0.4 is 20.5 Å². The van der Waals surface area contributed by atoms with E-state index in [1.807, 2.05) is 48.5 Å². The molecular weight excluding hydrogens is 278 g/mol. The van der Waals surface area contributed by atoms with Crippen LogP contribution in [-0.2, 0) is 13.1 Å². The van der Waals surface area contributed by atoms with Crippen molar-refractivity contribution in [1.29, 1.82) is 0 Å². The van der Waals surface area contributed by atoms with Crippen molar-refractivity contribution in [2.45, 2.75) is 13.1 Å². The number of guanidine groups is 1. The van der Waals surface area contributed by atoms with E-state index in [1.165, 1.54) is 0 Å². The Balaban J connectivity index is 1.95. The quantitative estimate of drug-likeness (QED) is 0.634. The molecule has 0 saturated heterocycles. The van der Waals surface area contributed by atoms with Gasteiger partial charge in [-0.15, -0.1) is 0 Å². The molecule has 0 fully saturated rings. The molecule has 116 valence electrons. The van der Waals surface area contributed by atoms with E-state index in [0.717, 1.165) is 22.6 Å². The molecule has 0 unspecified atom stereocenters. The highest BCUT2D eigenvalue weighted by atomic mass is 16.5. The van der Waals surface area contributed by atoms with Crippen LogP contribution in [-0.4, -0.2) is 20.2 Å². The maximum Gasteiger partial charge on any atom is 0.189 e. The molecule has 5 heteroatoms. The second kappa shape index (κ2) is 7.93. The Hall–Kier alpha value is -2.69. The van der Waals surface area contributed by atoms with Gasteiger partial charge in [0.25, 0.3) is 0 Å². The number of nitrogens with zero attached hydrogens (tertiary/aromatic N) is 1. The Morgan fingerprint density at radius 2 is 1.50 bits per heavy atom. The summed E-state index contributed by atoms with van der Waals surface area (Å²) in [4.78, 5) is 4.34. The zero-order valence-corrected chi connectivity index (χ0v) is 12.9. The Morgan fingerprint density at radius 1 is 0.955 bits per heavy atom. The van der Waals surface area contributed by atoms with Crippen molar-refractivity contribution in [1.82, 2.24) is 5.32 Å². The number of rotatable bonds is 6. The van der Waals surface area contributed by atoms with Crippen molar-refractivity contribution in [2.24, 2.45) is 10.7 Å². The van der Waals surface area contributed by atoms with Gasteiger partial charge in [0.2, 0.25) is 0 Å². The maximum atomic E-state index is 5.91. The normalized spacial score (nSPS) is 11.1. The zero-order valence-electron chi connectivity index (χ0n) is 12.9. The lowest BCUT2D eigenvalue weighted by molar-refractivity contribution is 0.409. The summed E-state index contributed by atoms with van der Waals surface area (Å²) < 4.78 is 10.6. The second-order valence-electron chi connectivity index (χ2n) is 4.68. The predicted molar refractivity (Wildman–Crippen MR) is 88.2 cm³/mol. The average Bonchev–Trinajstić information content (AvgIpc) is 2.58. The van der Waals surface area contributed by atoms with Gasteiger partial charge >= 0.3 is 0 Å². The Kier molecular flexibility index (Phi) is 5.65. The molecule has 0 saturated carbocycles. The van der Waals surface area contributed by atoms with Crippen LogP contribution in [0.3, 0.4) is 0 Å². The highest BCUT2D eigenvalue weighted by Gasteiger charge is 2.03. The lowest BCUT2D eigenvalue weighted by Gasteiger charge is -2.10. The van der Waals surface area contributed by atoms with E-state index in [0.29, 0.717) is 19.0 Å². The number of benzene rings is 2. The lowest BCUT2D eigenvalue weighted by Crippen LogP contribution is -2.31. The second-order valence-corrected chi connectivity index (χ2v) is 4.68. The van der Waals surface area contributed by atoms with Crippen molar-refractivity contribution in [3.8, 4) is 11.5 Å². The van der Waals surface area contributed by atoms with E-state index in [-0.39, 0.29) is 0 Å². The van der Waals surface area contributed by atoms with Crippen LogP contribution in [0.5, 0.6) is 11.5 Å². The molecular formula is C17H21N3O2. The molecule has 0 radical (unpaired) electrons. The first kappa shape index (κ1) is 15.7. The SMILES string of the molecule is COc1ccccc1CN=C(N)NCc1ccccc1OC. The molecule has 2 aromatic carbocycles. The molecule has 0 amide bonds. The van der Waals surface area contributed by atoms with Gasteiger partial charge in [-0.3, -0.25) is 0 Å². The van der Waals surface area contributed by atoms with E-state index in [4.69, 9.17) is 15.2 Å². The average molecular weight is 299 g/mol. The van der Waals surface area contributed by atoms with Crippen LogP contribution in [0.15, 0.2) is 53.5 Å². The summed E-state index contributed by atoms with van der Waals surface area (Å²) in [7, 11) is 3.30. The van der Waals surface area contributed by atoms with E-state index in [1.54, 1.807) is 14.2 Å². The first-order valence-electron chi connectivity index (χ1n) is 7.02. The van der Waals surface area contributed by atoms with Crippen LogP contribution in [0.4, 0.5) is 0 Å². The standard InChI is InChI=1S/C17H21N3O2/c1-21-15-9-5-3-7-13(15)11-19-17(18)20-12-14-8-4-6-10-16(14)22-2/h3-10H,11-12H2,1-2H3,(H3,18,19,20). The third kappa shape index (κ3) is 4.15. The zero-order chi connectivity index (χ0) is 15.8. The number of nitrogens with one attached hydrogen (secondary N) is 1. The van der Waals surface area contributed by atoms with Gasteiger partial charge in [-0.05, 0) is 12.1 Å². The summed E-state index contributed by atoms with van der Waals surface area (Å²) in [6.07, 6.45) is 0. The summed E-state index contributed by atoms with van der Waals surface area (Å²) >= 11 is 0. The molecule has 0 heterocycles. The number of ether oxygens (including phenoxy) is 2. The fraction of sp³-hybridized carbons (Fsp3) is 0.235. The van der Waals surface area contributed by atoms with Crippen molar-refractivity contribution in [3.05, 3.63) is 59.7 Å². The number of para-hydroxylation sites is 2. The van der Waals surface area contributed by atoms with E-state index in [9.17, 15) is 0 Å². The topological polar surface area (TPSA) is 68.9 Å². The minimum atomic E-state index is 0.386. The first-order valence-corrected chi connectivity index (χ1v) is 7.02. The van der Waals surface area contributed by atoms with E-state index >= 15 is 0 Å². The summed E-state index contributed by atoms with van der Waals surface area (Å²) in [5, 5.41) is 3.09. The van der Waals surface area contributed by atoms with Gasteiger partial charge in [-0.1, -0.05) is 36.4 Å². The van der Waals surface area contributed by atoms with Gasteiger partial charge in [0, 0.05) is 17.7 Å². The molecule has 5 nitrogen and oxygen atoms in total. The number of hydrogen-bond acceptors (Lipinski definition) is 3. The Labute approximate surface area is 130 Å². The maximum absolute atomic E-state index is 5.91. The summed E-state index contributed by atoms with van der Waals surface area (Å²) in [5.74, 6) is 2.02. The van der Waals surface area contributed by atoms with Crippen molar-refractivity contribution in [2.75, 3.05) is 14.2 Å². The Bertz CT molecular complexity index is 641. The summed E-state index contributed by atoms with van der Waals surface area (Å²) in [5.41, 5.74) is 7.93. The monoisotopic (exact) mass is 299 g/mol. The molecule has 0 aliphatic rings. The van der Waals surface area contributed by atoms with Gasteiger partial charge in [0.05, 0.1) is 20.8 Å². The van der Waals surface area contributed by atoms with Gasteiger partial charge in [0.1, 0.15) is 11.5 Å². The van der Waals surface area contributed by atoms with Crippen LogP contribution in [0, 0.1) is 0 Å². The van der Waals surface area contributed by atoms with Crippen molar-refractivity contribution in [3.63, 3.8) is 0 Å². The lowest BCUT2D eigenvalue weighted by atomic mass is 10.2. The van der Waals surface area contributed by atoms with Gasteiger partial charge in [0.15, 0.2) is 5.96 Å². The number of nitrogens with two attached hydrogens (primary N) is 1. The van der Waals surface area contributed by atoms with Crippen LogP contribution in [0.1, 0.15) is 11.1 Å². The minimum absolute atomic E-state index is 0.386. The minimum Gasteiger partial charge on any atom is -0.496 e. The largest absolute Gasteiger partial charge is 0.496 e. The molecule has 2 rings (SSSR count). The molecule has 0 aliphatic carbocycles. The summed E-state index contributed by atoms with van der Waals surface area (Å²) in [6, 6.07) is 15.5. The molecule has 0 aromatic heterocycles.